The van der Waals surface area contributed by atoms with Crippen molar-refractivity contribution >= 4 is 39.4 Å². The molecule has 0 radical (unpaired) electrons. The number of para-hydroxylation sites is 1. The van der Waals surface area contributed by atoms with Gasteiger partial charge in [-0.1, -0.05) is 18.2 Å². The number of sulfonamides is 1. The third kappa shape index (κ3) is 8.07. The number of amides is 2. The van der Waals surface area contributed by atoms with Gasteiger partial charge in [0.2, 0.25) is 10.0 Å². The maximum Gasteiger partial charge on any atom is 0.263 e. The number of ether oxygens (including phenoxy) is 2. The van der Waals surface area contributed by atoms with Gasteiger partial charge in [-0.15, -0.1) is 0 Å². The Kier molecular flexibility index (Phi) is 9.22. The molecule has 0 aliphatic rings. The van der Waals surface area contributed by atoms with Gasteiger partial charge in [-0.3, -0.25) is 13.9 Å². The molecule has 2 N–H and O–H groups in total. The fraction of sp³-hybridized carbons (Fsp3) is 0.192. The summed E-state index contributed by atoms with van der Waals surface area (Å²) < 4.78 is 36.4. The minimum atomic E-state index is -3.76. The maximum absolute atomic E-state index is 12.6. The second-order valence-corrected chi connectivity index (χ2v) is 9.80. The molecule has 0 bridgehead atoms. The molecular formula is C26H28N4O6S. The number of nitrogens with one attached hydrogen (secondary N) is 2. The molecule has 0 saturated heterocycles. The molecule has 3 rings (SSSR count). The van der Waals surface area contributed by atoms with Crippen LogP contribution in [0.3, 0.4) is 0 Å². The Morgan fingerprint density at radius 1 is 0.973 bits per heavy atom. The summed E-state index contributed by atoms with van der Waals surface area (Å²) in [6.45, 7) is 1.32. The van der Waals surface area contributed by atoms with Crippen LogP contribution in [0.25, 0.3) is 0 Å². The van der Waals surface area contributed by atoms with E-state index in [4.69, 9.17) is 9.47 Å². The highest BCUT2D eigenvalue weighted by molar-refractivity contribution is 7.92. The van der Waals surface area contributed by atoms with Crippen molar-refractivity contribution < 1.29 is 27.5 Å². The van der Waals surface area contributed by atoms with Gasteiger partial charge in [0.15, 0.2) is 6.61 Å². The normalized spacial score (nSPS) is 12.0. The lowest BCUT2D eigenvalue weighted by molar-refractivity contribution is -0.121. The summed E-state index contributed by atoms with van der Waals surface area (Å²) in [5, 5.41) is 6.66. The highest BCUT2D eigenvalue weighted by Gasteiger charge is 2.29. The van der Waals surface area contributed by atoms with Gasteiger partial charge in [-0.2, -0.15) is 5.10 Å². The van der Waals surface area contributed by atoms with Gasteiger partial charge >= 0.3 is 0 Å². The smallest absolute Gasteiger partial charge is 0.263 e. The van der Waals surface area contributed by atoms with Crippen molar-refractivity contribution in [1.82, 2.24) is 5.43 Å². The standard InChI is InChI=1S/C26H28N4O6S/c1-19(30(37(3,33)34)22-11-15-23(35-2)16-12-22)26(32)29-27-17-20-9-13-24(14-10-20)36-18-25(31)28-21-7-5-4-6-8-21/h4-17,19H,18H2,1-3H3,(H,28,31)(H,29,32)/b27-17-/t19-/m0/s1. The van der Waals surface area contributed by atoms with Gasteiger partial charge in [0.25, 0.3) is 11.8 Å². The largest absolute Gasteiger partial charge is 0.497 e. The number of hydrogen-bond donors (Lipinski definition) is 2. The van der Waals surface area contributed by atoms with Gasteiger partial charge in [0.05, 0.1) is 25.3 Å². The Balaban J connectivity index is 1.54. The lowest BCUT2D eigenvalue weighted by atomic mass is 10.2. The molecule has 0 heterocycles. The number of nitrogens with zero attached hydrogens (tertiary/aromatic N) is 2. The summed E-state index contributed by atoms with van der Waals surface area (Å²) in [5.74, 6) is 0.153. The van der Waals surface area contributed by atoms with Crippen LogP contribution in [-0.2, 0) is 19.6 Å². The van der Waals surface area contributed by atoms with Crippen molar-refractivity contribution in [1.29, 1.82) is 0 Å². The highest BCUT2D eigenvalue weighted by atomic mass is 32.2. The Bertz CT molecular complexity index is 1330. The van der Waals surface area contributed by atoms with Gasteiger partial charge in [-0.25, -0.2) is 13.8 Å². The molecule has 0 aromatic heterocycles. The molecule has 0 spiro atoms. The zero-order chi connectivity index (χ0) is 26.8. The molecule has 0 fully saturated rings. The number of methoxy groups -OCH3 is 1. The SMILES string of the molecule is COc1ccc(N([C@@H](C)C(=O)N/N=C\c2ccc(OCC(=O)Nc3ccccc3)cc2)S(C)(=O)=O)cc1. The zero-order valence-electron chi connectivity index (χ0n) is 20.6. The predicted octanol–water partition coefficient (Wildman–Crippen LogP) is 3.02. The maximum atomic E-state index is 12.6. The van der Waals surface area contributed by atoms with E-state index in [1.807, 2.05) is 18.2 Å². The van der Waals surface area contributed by atoms with Crippen LogP contribution in [0.15, 0.2) is 84.0 Å². The molecule has 0 unspecified atom stereocenters. The molecule has 10 nitrogen and oxygen atoms in total. The minimum Gasteiger partial charge on any atom is -0.497 e. The number of carbonyl (C=O) groups excluding carboxylic acids is 2. The number of hydrogen-bond acceptors (Lipinski definition) is 7. The molecule has 2 amide bonds. The second-order valence-electron chi connectivity index (χ2n) is 7.94. The van der Waals surface area contributed by atoms with E-state index in [-0.39, 0.29) is 12.5 Å². The van der Waals surface area contributed by atoms with E-state index in [9.17, 15) is 18.0 Å². The van der Waals surface area contributed by atoms with E-state index in [0.717, 1.165) is 10.6 Å². The van der Waals surface area contributed by atoms with E-state index in [1.165, 1.54) is 20.2 Å². The van der Waals surface area contributed by atoms with Gasteiger partial charge < -0.3 is 14.8 Å². The lowest BCUT2D eigenvalue weighted by Gasteiger charge is -2.27. The van der Waals surface area contributed by atoms with Crippen LogP contribution < -0.4 is 24.5 Å². The summed E-state index contributed by atoms with van der Waals surface area (Å²) in [7, 11) is -2.25. The monoisotopic (exact) mass is 524 g/mol. The molecule has 0 saturated carbocycles. The number of anilines is 2. The third-order valence-corrected chi connectivity index (χ3v) is 6.35. The van der Waals surface area contributed by atoms with Crippen LogP contribution in [0.5, 0.6) is 11.5 Å². The molecular weight excluding hydrogens is 496 g/mol. The van der Waals surface area contributed by atoms with Gasteiger partial charge in [0.1, 0.15) is 17.5 Å². The third-order valence-electron chi connectivity index (χ3n) is 5.11. The van der Waals surface area contributed by atoms with Crippen LogP contribution in [0.2, 0.25) is 0 Å². The van der Waals surface area contributed by atoms with E-state index >= 15 is 0 Å². The molecule has 1 atom stereocenters. The molecule has 0 aliphatic carbocycles. The first-order valence-electron chi connectivity index (χ1n) is 11.2. The predicted molar refractivity (Wildman–Crippen MR) is 143 cm³/mol. The molecule has 0 aliphatic heterocycles. The lowest BCUT2D eigenvalue weighted by Crippen LogP contribution is -2.46. The number of benzene rings is 3. The van der Waals surface area contributed by atoms with Crippen molar-refractivity contribution in [2.24, 2.45) is 5.10 Å². The van der Waals surface area contributed by atoms with E-state index in [2.05, 4.69) is 15.8 Å². The van der Waals surface area contributed by atoms with E-state index in [0.29, 0.717) is 28.4 Å². The Hall–Kier alpha value is -4.38. The van der Waals surface area contributed by atoms with Crippen LogP contribution in [-0.4, -0.2) is 52.5 Å². The summed E-state index contributed by atoms with van der Waals surface area (Å²) >= 11 is 0. The van der Waals surface area contributed by atoms with E-state index < -0.39 is 22.0 Å². The first kappa shape index (κ1) is 27.2. The Labute approximate surface area is 216 Å². The van der Waals surface area contributed by atoms with Crippen LogP contribution in [0.4, 0.5) is 11.4 Å². The average Bonchev–Trinajstić information content (AvgIpc) is 2.88. The summed E-state index contributed by atoms with van der Waals surface area (Å²) in [6, 6.07) is 21.1. The van der Waals surface area contributed by atoms with Crippen molar-refractivity contribution in [3.8, 4) is 11.5 Å². The zero-order valence-corrected chi connectivity index (χ0v) is 21.4. The quantitative estimate of drug-likeness (QED) is 0.293. The van der Waals surface area contributed by atoms with Crippen molar-refractivity contribution in [3.05, 3.63) is 84.4 Å². The number of hydrazone groups is 1. The topological polar surface area (TPSA) is 126 Å². The van der Waals surface area contributed by atoms with Crippen LogP contribution in [0, 0.1) is 0 Å². The van der Waals surface area contributed by atoms with Gasteiger partial charge in [0, 0.05) is 5.69 Å². The Morgan fingerprint density at radius 3 is 2.19 bits per heavy atom. The van der Waals surface area contributed by atoms with E-state index in [1.54, 1.807) is 60.7 Å². The molecule has 194 valence electrons. The molecule has 37 heavy (non-hydrogen) atoms. The fourth-order valence-corrected chi connectivity index (χ4v) is 4.49. The molecule has 3 aromatic rings. The van der Waals surface area contributed by atoms with Crippen molar-refractivity contribution in [2.45, 2.75) is 13.0 Å². The highest BCUT2D eigenvalue weighted by Crippen LogP contribution is 2.23. The first-order valence-corrected chi connectivity index (χ1v) is 13.1. The first-order chi connectivity index (χ1) is 17.7. The molecule has 3 aromatic carbocycles. The molecule has 11 heteroatoms. The van der Waals surface area contributed by atoms with Crippen molar-refractivity contribution in [2.75, 3.05) is 29.6 Å². The van der Waals surface area contributed by atoms with Gasteiger partial charge in [-0.05, 0) is 73.2 Å². The second kappa shape index (κ2) is 12.5. The van der Waals surface area contributed by atoms with Crippen LogP contribution in [0.1, 0.15) is 12.5 Å². The average molecular weight is 525 g/mol. The fourth-order valence-electron chi connectivity index (χ4n) is 3.32. The van der Waals surface area contributed by atoms with Crippen LogP contribution >= 0.6 is 0 Å². The summed E-state index contributed by atoms with van der Waals surface area (Å²) in [6.07, 6.45) is 2.44. The summed E-state index contributed by atoms with van der Waals surface area (Å²) in [5.41, 5.74) is 4.03. The minimum absolute atomic E-state index is 0.151. The number of carbonyl (C=O) groups is 2. The summed E-state index contributed by atoms with van der Waals surface area (Å²) in [4.78, 5) is 24.6. The Morgan fingerprint density at radius 2 is 1.59 bits per heavy atom. The van der Waals surface area contributed by atoms with Crippen molar-refractivity contribution in [3.63, 3.8) is 0 Å². The number of rotatable bonds is 11.